The molecule has 0 bridgehead atoms. The maximum Gasteiger partial charge on any atom is 0.319 e. The lowest BCUT2D eigenvalue weighted by atomic mass is 10.1. The average Bonchev–Trinajstić information content (AvgIpc) is 2.82. The molecule has 1 aliphatic rings. The van der Waals surface area contributed by atoms with E-state index >= 15 is 0 Å². The Morgan fingerprint density at radius 1 is 1.67 bits per heavy atom. The molecule has 1 aliphatic heterocycles. The fourth-order valence-electron chi connectivity index (χ4n) is 2.59. The summed E-state index contributed by atoms with van der Waals surface area (Å²) >= 11 is 5.73. The van der Waals surface area contributed by atoms with Gasteiger partial charge in [0.15, 0.2) is 0 Å². The molecule has 21 heavy (non-hydrogen) atoms. The van der Waals surface area contributed by atoms with Crippen LogP contribution in [0.15, 0.2) is 12.3 Å². The molecular formula is C13H17ClN4O3. The molecule has 1 saturated heterocycles. The van der Waals surface area contributed by atoms with E-state index in [0.717, 1.165) is 19.4 Å². The van der Waals surface area contributed by atoms with Gasteiger partial charge in [-0.3, -0.25) is 14.9 Å². The normalized spacial score (nSPS) is 18.7. The van der Waals surface area contributed by atoms with Crippen LogP contribution in [0.25, 0.3) is 0 Å². The SMILES string of the molecule is CN(CC1CCCN1C)C(=O)c1ccnc(Cl)c1[N+](=O)[O-]. The number of carbonyl (C=O) groups is 1. The van der Waals surface area contributed by atoms with Crippen LogP contribution in [-0.2, 0) is 0 Å². The zero-order chi connectivity index (χ0) is 15.6. The molecule has 2 rings (SSSR count). The first-order valence-corrected chi connectivity index (χ1v) is 7.04. The first kappa shape index (κ1) is 15.7. The number of carbonyl (C=O) groups excluding carboxylic acids is 1. The molecule has 0 aromatic carbocycles. The molecule has 1 aromatic heterocycles. The van der Waals surface area contributed by atoms with E-state index in [1.165, 1.54) is 17.2 Å². The summed E-state index contributed by atoms with van der Waals surface area (Å²) in [4.78, 5) is 30.2. The quantitative estimate of drug-likeness (QED) is 0.481. The lowest BCUT2D eigenvalue weighted by molar-refractivity contribution is -0.385. The van der Waals surface area contributed by atoms with E-state index in [1.54, 1.807) is 7.05 Å². The number of hydrogen-bond donors (Lipinski definition) is 0. The van der Waals surface area contributed by atoms with E-state index < -0.39 is 16.5 Å². The van der Waals surface area contributed by atoms with Crippen LogP contribution < -0.4 is 0 Å². The van der Waals surface area contributed by atoms with E-state index in [4.69, 9.17) is 11.6 Å². The van der Waals surface area contributed by atoms with Crippen molar-refractivity contribution in [1.29, 1.82) is 0 Å². The standard InChI is InChI=1S/C13H17ClN4O3/c1-16-7-3-4-9(16)8-17(2)13(19)10-5-6-15-12(14)11(10)18(20)21/h5-6,9H,3-4,7-8H2,1-2H3. The summed E-state index contributed by atoms with van der Waals surface area (Å²) < 4.78 is 0. The van der Waals surface area contributed by atoms with Crippen LogP contribution in [0.5, 0.6) is 0 Å². The lowest BCUT2D eigenvalue weighted by Gasteiger charge is -2.25. The summed E-state index contributed by atoms with van der Waals surface area (Å²) in [5, 5.41) is 10.8. The largest absolute Gasteiger partial charge is 0.340 e. The number of halogens is 1. The van der Waals surface area contributed by atoms with Crippen molar-refractivity contribution in [3.63, 3.8) is 0 Å². The van der Waals surface area contributed by atoms with Crippen LogP contribution >= 0.6 is 11.6 Å². The lowest BCUT2D eigenvalue weighted by Crippen LogP contribution is -2.39. The Morgan fingerprint density at radius 2 is 2.38 bits per heavy atom. The Bertz CT molecular complexity index is 566. The molecule has 8 heteroatoms. The molecule has 0 spiro atoms. The maximum absolute atomic E-state index is 12.4. The molecule has 114 valence electrons. The van der Waals surface area contributed by atoms with E-state index in [0.29, 0.717) is 6.54 Å². The van der Waals surface area contributed by atoms with E-state index in [2.05, 4.69) is 9.88 Å². The number of pyridine rings is 1. The summed E-state index contributed by atoms with van der Waals surface area (Å²) in [7, 11) is 3.66. The molecular weight excluding hydrogens is 296 g/mol. The van der Waals surface area contributed by atoms with E-state index in [1.807, 2.05) is 7.05 Å². The zero-order valence-corrected chi connectivity index (χ0v) is 12.7. The molecule has 1 aromatic rings. The minimum absolute atomic E-state index is 0.0249. The van der Waals surface area contributed by atoms with Crippen molar-refractivity contribution < 1.29 is 9.72 Å². The van der Waals surface area contributed by atoms with Gasteiger partial charge in [-0.1, -0.05) is 11.6 Å². The summed E-state index contributed by atoms with van der Waals surface area (Å²) in [5.41, 5.74) is -0.459. The minimum Gasteiger partial charge on any atom is -0.340 e. The average molecular weight is 313 g/mol. The first-order valence-electron chi connectivity index (χ1n) is 6.66. The van der Waals surface area contributed by atoms with Crippen LogP contribution in [-0.4, -0.2) is 58.8 Å². The number of likely N-dealkylation sites (tertiary alicyclic amines) is 1. The third kappa shape index (κ3) is 3.30. The molecule has 7 nitrogen and oxygen atoms in total. The molecule has 1 amide bonds. The Morgan fingerprint density at radius 3 is 2.95 bits per heavy atom. The third-order valence-electron chi connectivity index (χ3n) is 3.80. The highest BCUT2D eigenvalue weighted by Crippen LogP contribution is 2.27. The molecule has 1 atom stereocenters. The van der Waals surface area contributed by atoms with Crippen LogP contribution in [0.2, 0.25) is 5.15 Å². The van der Waals surface area contributed by atoms with Crippen molar-refractivity contribution in [1.82, 2.24) is 14.8 Å². The monoisotopic (exact) mass is 312 g/mol. The van der Waals surface area contributed by atoms with Crippen LogP contribution in [0.4, 0.5) is 5.69 Å². The predicted molar refractivity (Wildman–Crippen MR) is 78.5 cm³/mol. The topological polar surface area (TPSA) is 79.6 Å². The molecule has 0 radical (unpaired) electrons. The second-order valence-electron chi connectivity index (χ2n) is 5.22. The second kappa shape index (κ2) is 6.36. The van der Waals surface area contributed by atoms with Crippen molar-refractivity contribution in [3.8, 4) is 0 Å². The number of amides is 1. The Labute approximate surface area is 127 Å². The molecule has 0 saturated carbocycles. The Kier molecular flexibility index (Phi) is 4.74. The van der Waals surface area contributed by atoms with Crippen molar-refractivity contribution in [3.05, 3.63) is 33.1 Å². The molecule has 0 N–H and O–H groups in total. The highest BCUT2D eigenvalue weighted by Gasteiger charge is 2.29. The summed E-state index contributed by atoms with van der Waals surface area (Å²) in [6.07, 6.45) is 3.43. The highest BCUT2D eigenvalue weighted by molar-refractivity contribution is 6.32. The van der Waals surface area contributed by atoms with Gasteiger partial charge < -0.3 is 9.80 Å². The van der Waals surface area contributed by atoms with Gasteiger partial charge in [-0.2, -0.15) is 0 Å². The van der Waals surface area contributed by atoms with Crippen molar-refractivity contribution in [2.75, 3.05) is 27.2 Å². The summed E-state index contributed by atoms with van der Waals surface area (Å²) in [6.45, 7) is 1.54. The van der Waals surface area contributed by atoms with Crippen LogP contribution in [0.3, 0.4) is 0 Å². The zero-order valence-electron chi connectivity index (χ0n) is 12.0. The fraction of sp³-hybridized carbons (Fsp3) is 0.538. The van der Waals surface area contributed by atoms with E-state index in [9.17, 15) is 14.9 Å². The van der Waals surface area contributed by atoms with Gasteiger partial charge in [0.1, 0.15) is 5.56 Å². The molecule has 2 heterocycles. The number of likely N-dealkylation sites (N-methyl/N-ethyl adjacent to an activating group) is 2. The van der Waals surface area contributed by atoms with Gasteiger partial charge in [0, 0.05) is 25.8 Å². The van der Waals surface area contributed by atoms with Gasteiger partial charge >= 0.3 is 5.69 Å². The number of aromatic nitrogens is 1. The van der Waals surface area contributed by atoms with Gasteiger partial charge in [0.2, 0.25) is 5.15 Å². The Balaban J connectivity index is 2.19. The smallest absolute Gasteiger partial charge is 0.319 e. The predicted octanol–water partition coefficient (Wildman–Crippen LogP) is 1.81. The van der Waals surface area contributed by atoms with Crippen molar-refractivity contribution >= 4 is 23.2 Å². The Hall–Kier alpha value is -1.73. The number of nitrogens with zero attached hydrogens (tertiary/aromatic N) is 4. The number of hydrogen-bond acceptors (Lipinski definition) is 5. The molecule has 1 unspecified atom stereocenters. The first-order chi connectivity index (χ1) is 9.91. The number of nitro groups is 1. The number of rotatable bonds is 4. The summed E-state index contributed by atoms with van der Waals surface area (Å²) in [5.74, 6) is -0.411. The second-order valence-corrected chi connectivity index (χ2v) is 5.58. The van der Waals surface area contributed by atoms with Gasteiger partial charge in [-0.05, 0) is 32.5 Å². The highest BCUT2D eigenvalue weighted by atomic mass is 35.5. The van der Waals surface area contributed by atoms with Crippen molar-refractivity contribution in [2.45, 2.75) is 18.9 Å². The van der Waals surface area contributed by atoms with Gasteiger partial charge in [-0.15, -0.1) is 0 Å². The molecule has 0 aliphatic carbocycles. The summed E-state index contributed by atoms with van der Waals surface area (Å²) in [6, 6.07) is 1.62. The minimum atomic E-state index is -0.669. The van der Waals surface area contributed by atoms with Crippen molar-refractivity contribution in [2.24, 2.45) is 0 Å². The molecule has 1 fully saturated rings. The van der Waals surface area contributed by atoms with Crippen LogP contribution in [0, 0.1) is 10.1 Å². The van der Waals surface area contributed by atoms with Gasteiger partial charge in [-0.25, -0.2) is 4.98 Å². The fourth-order valence-corrected chi connectivity index (χ4v) is 2.82. The van der Waals surface area contributed by atoms with Gasteiger partial charge in [0.05, 0.1) is 4.92 Å². The maximum atomic E-state index is 12.4. The third-order valence-corrected chi connectivity index (χ3v) is 4.07. The van der Waals surface area contributed by atoms with E-state index in [-0.39, 0.29) is 16.8 Å². The van der Waals surface area contributed by atoms with Crippen LogP contribution in [0.1, 0.15) is 23.2 Å². The van der Waals surface area contributed by atoms with Gasteiger partial charge in [0.25, 0.3) is 5.91 Å².